The second kappa shape index (κ2) is 11.3. The van der Waals surface area contributed by atoms with Crippen LogP contribution in [0, 0.1) is 5.82 Å². The Kier molecular flexibility index (Phi) is 10.1. The molecule has 1 saturated heterocycles. The maximum atomic E-state index is 13.4. The van der Waals surface area contributed by atoms with E-state index in [0.29, 0.717) is 12.5 Å². The molecule has 1 aliphatic rings. The lowest BCUT2D eigenvalue weighted by molar-refractivity contribution is 0.461. The lowest BCUT2D eigenvalue weighted by Crippen LogP contribution is -2.49. The fraction of sp³-hybridized carbons (Fsp3) is 0.650. The summed E-state index contributed by atoms with van der Waals surface area (Å²) in [5, 5.41) is 6.59. The number of rotatable bonds is 6. The summed E-state index contributed by atoms with van der Waals surface area (Å²) in [5.41, 5.74) is 0.909. The fourth-order valence-corrected chi connectivity index (χ4v) is 4.00. The third kappa shape index (κ3) is 7.92. The van der Waals surface area contributed by atoms with Gasteiger partial charge in [0.15, 0.2) is 15.8 Å². The van der Waals surface area contributed by atoms with E-state index in [0.717, 1.165) is 31.6 Å². The number of benzene rings is 1. The molecule has 0 aromatic heterocycles. The van der Waals surface area contributed by atoms with Gasteiger partial charge in [-0.3, -0.25) is 4.99 Å². The smallest absolute Gasteiger partial charge is 0.191 e. The number of hydrogen-bond acceptors (Lipinski definition) is 4. The van der Waals surface area contributed by atoms with Gasteiger partial charge < -0.3 is 15.5 Å². The lowest BCUT2D eigenvalue weighted by atomic mass is 10.0. The van der Waals surface area contributed by atoms with Gasteiger partial charge in [-0.25, -0.2) is 12.8 Å². The molecule has 1 heterocycles. The molecule has 0 amide bonds. The van der Waals surface area contributed by atoms with Crippen molar-refractivity contribution in [2.75, 3.05) is 36.8 Å². The molecule has 166 valence electrons. The molecule has 2 rings (SSSR count). The molecule has 0 aliphatic carbocycles. The Labute approximate surface area is 191 Å². The van der Waals surface area contributed by atoms with Gasteiger partial charge in [-0.2, -0.15) is 0 Å². The van der Waals surface area contributed by atoms with Gasteiger partial charge in [0.25, 0.3) is 0 Å². The van der Waals surface area contributed by atoms with Crippen LogP contribution in [-0.4, -0.2) is 57.1 Å². The number of nitrogens with one attached hydrogen (secondary N) is 2. The second-order valence-corrected chi connectivity index (χ2v) is 10.9. The van der Waals surface area contributed by atoms with Crippen LogP contribution in [-0.2, 0) is 9.84 Å². The number of anilines is 1. The van der Waals surface area contributed by atoms with E-state index in [9.17, 15) is 12.8 Å². The third-order valence-electron chi connectivity index (χ3n) is 4.92. The van der Waals surface area contributed by atoms with Crippen molar-refractivity contribution in [3.63, 3.8) is 0 Å². The summed E-state index contributed by atoms with van der Waals surface area (Å²) in [6, 6.07) is 6.93. The molecule has 6 nitrogen and oxygen atoms in total. The molecular formula is C20H34FIN4O2S. The number of piperidine rings is 1. The van der Waals surface area contributed by atoms with Crippen molar-refractivity contribution in [1.29, 1.82) is 0 Å². The highest BCUT2D eigenvalue weighted by Crippen LogP contribution is 2.21. The zero-order chi connectivity index (χ0) is 20.8. The number of guanidine groups is 1. The topological polar surface area (TPSA) is 73.8 Å². The highest BCUT2D eigenvalue weighted by Gasteiger charge is 2.28. The van der Waals surface area contributed by atoms with Crippen LogP contribution in [0.4, 0.5) is 10.1 Å². The van der Waals surface area contributed by atoms with Gasteiger partial charge >= 0.3 is 0 Å². The van der Waals surface area contributed by atoms with Gasteiger partial charge in [0.2, 0.25) is 0 Å². The van der Waals surface area contributed by atoms with Crippen molar-refractivity contribution < 1.29 is 12.8 Å². The molecule has 0 atom stereocenters. The van der Waals surface area contributed by atoms with Crippen LogP contribution in [0.1, 0.15) is 40.5 Å². The SMILES string of the molecule is CCNC(=NCCS(=O)(=O)C(C)(C)C)NC1CCN(c2cccc(F)c2)CC1.I. The van der Waals surface area contributed by atoms with E-state index in [1.807, 2.05) is 13.0 Å². The molecule has 0 bridgehead atoms. The van der Waals surface area contributed by atoms with Gasteiger partial charge in [0.1, 0.15) is 5.82 Å². The Balaban J connectivity index is 0.00000420. The Hall–Kier alpha value is -1.10. The quantitative estimate of drug-likeness (QED) is 0.330. The maximum absolute atomic E-state index is 13.4. The van der Waals surface area contributed by atoms with Crippen molar-refractivity contribution in [1.82, 2.24) is 10.6 Å². The van der Waals surface area contributed by atoms with Gasteiger partial charge in [-0.1, -0.05) is 6.07 Å². The first-order chi connectivity index (χ1) is 13.1. The summed E-state index contributed by atoms with van der Waals surface area (Å²) in [4.78, 5) is 6.63. The van der Waals surface area contributed by atoms with Crippen LogP contribution in [0.5, 0.6) is 0 Å². The summed E-state index contributed by atoms with van der Waals surface area (Å²) in [6.45, 7) is 9.72. The molecule has 1 aromatic carbocycles. The third-order valence-corrected chi connectivity index (χ3v) is 7.50. The predicted octanol–water partition coefficient (Wildman–Crippen LogP) is 3.18. The predicted molar refractivity (Wildman–Crippen MR) is 130 cm³/mol. The van der Waals surface area contributed by atoms with Crippen LogP contribution in [0.25, 0.3) is 0 Å². The summed E-state index contributed by atoms with van der Waals surface area (Å²) in [7, 11) is -3.18. The fourth-order valence-electron chi connectivity index (χ4n) is 3.05. The molecule has 1 fully saturated rings. The summed E-state index contributed by atoms with van der Waals surface area (Å²) >= 11 is 0. The van der Waals surface area contributed by atoms with Gasteiger partial charge in [-0.05, 0) is 58.7 Å². The Morgan fingerprint density at radius 2 is 1.93 bits per heavy atom. The molecular weight excluding hydrogens is 506 g/mol. The monoisotopic (exact) mass is 540 g/mol. The summed E-state index contributed by atoms with van der Waals surface area (Å²) in [5.74, 6) is 0.464. The van der Waals surface area contributed by atoms with E-state index >= 15 is 0 Å². The minimum absolute atomic E-state index is 0. The van der Waals surface area contributed by atoms with Crippen LogP contribution < -0.4 is 15.5 Å². The largest absolute Gasteiger partial charge is 0.371 e. The molecule has 2 N–H and O–H groups in total. The van der Waals surface area contributed by atoms with Crippen LogP contribution in [0.2, 0.25) is 0 Å². The first-order valence-corrected chi connectivity index (χ1v) is 11.6. The van der Waals surface area contributed by atoms with Gasteiger partial charge in [0, 0.05) is 31.4 Å². The van der Waals surface area contributed by atoms with Gasteiger partial charge in [0.05, 0.1) is 17.0 Å². The number of aliphatic imine (C=N–C) groups is 1. The van der Waals surface area contributed by atoms with Crippen molar-refractivity contribution in [2.24, 2.45) is 4.99 Å². The van der Waals surface area contributed by atoms with Crippen molar-refractivity contribution >= 4 is 45.5 Å². The molecule has 1 aliphatic heterocycles. The summed E-state index contributed by atoms with van der Waals surface area (Å²) in [6.07, 6.45) is 1.81. The minimum Gasteiger partial charge on any atom is -0.371 e. The van der Waals surface area contributed by atoms with E-state index in [-0.39, 0.29) is 48.1 Å². The van der Waals surface area contributed by atoms with Crippen LogP contribution in [0.15, 0.2) is 29.3 Å². The maximum Gasteiger partial charge on any atom is 0.191 e. The van der Waals surface area contributed by atoms with Crippen LogP contribution in [0.3, 0.4) is 0 Å². The van der Waals surface area contributed by atoms with E-state index < -0.39 is 14.6 Å². The second-order valence-electron chi connectivity index (χ2n) is 8.08. The molecule has 0 unspecified atom stereocenters. The average molecular weight is 540 g/mol. The first kappa shape index (κ1) is 25.9. The van der Waals surface area contributed by atoms with Gasteiger partial charge in [-0.15, -0.1) is 24.0 Å². The number of halogens is 2. The molecule has 0 spiro atoms. The summed E-state index contributed by atoms with van der Waals surface area (Å²) < 4.78 is 37.1. The lowest BCUT2D eigenvalue weighted by Gasteiger charge is -2.34. The molecule has 0 radical (unpaired) electrons. The highest BCUT2D eigenvalue weighted by atomic mass is 127. The Bertz CT molecular complexity index is 773. The average Bonchev–Trinajstić information content (AvgIpc) is 2.61. The number of hydrogen-bond donors (Lipinski definition) is 2. The van der Waals surface area contributed by atoms with E-state index in [1.54, 1.807) is 32.9 Å². The Morgan fingerprint density at radius 3 is 2.48 bits per heavy atom. The van der Waals surface area contributed by atoms with Crippen LogP contribution >= 0.6 is 24.0 Å². The molecule has 0 saturated carbocycles. The van der Waals surface area contributed by atoms with E-state index in [4.69, 9.17) is 0 Å². The van der Waals surface area contributed by atoms with E-state index in [1.165, 1.54) is 6.07 Å². The first-order valence-electron chi connectivity index (χ1n) is 9.90. The molecule has 29 heavy (non-hydrogen) atoms. The zero-order valence-corrected chi connectivity index (χ0v) is 20.9. The normalized spacial score (nSPS) is 16.3. The minimum atomic E-state index is -3.18. The number of nitrogens with zero attached hydrogens (tertiary/aromatic N) is 2. The standard InChI is InChI=1S/C20H33FN4O2S.HI/c1-5-22-19(23-11-14-28(26,27)20(2,3)4)24-17-9-12-25(13-10-17)18-8-6-7-16(21)15-18;/h6-8,15,17H,5,9-14H2,1-4H3,(H2,22,23,24);1H. The van der Waals surface area contributed by atoms with Crippen molar-refractivity contribution in [3.8, 4) is 0 Å². The van der Waals surface area contributed by atoms with Crippen molar-refractivity contribution in [2.45, 2.75) is 51.3 Å². The zero-order valence-electron chi connectivity index (χ0n) is 17.7. The molecule has 1 aromatic rings. The molecule has 9 heteroatoms. The highest BCUT2D eigenvalue weighted by molar-refractivity contribution is 14.0. The Morgan fingerprint density at radius 1 is 1.28 bits per heavy atom. The van der Waals surface area contributed by atoms with E-state index in [2.05, 4.69) is 20.5 Å². The number of sulfone groups is 1. The van der Waals surface area contributed by atoms with Crippen molar-refractivity contribution in [3.05, 3.63) is 30.1 Å².